The molecule has 0 saturated heterocycles. The summed E-state index contributed by atoms with van der Waals surface area (Å²) in [6.07, 6.45) is 1.77. The second-order valence-electron chi connectivity index (χ2n) is 10.6. The molecule has 4 heteroatoms. The average Bonchev–Trinajstić information content (AvgIpc) is 2.23. The minimum atomic E-state index is -2.66. The van der Waals surface area contributed by atoms with Crippen molar-refractivity contribution < 1.29 is 9.09 Å². The predicted molar refractivity (Wildman–Crippen MR) is 103 cm³/mol. The van der Waals surface area contributed by atoms with Gasteiger partial charge in [-0.1, -0.05) is 55.4 Å². The first kappa shape index (κ1) is 23.1. The van der Waals surface area contributed by atoms with E-state index in [1.165, 1.54) is 0 Å². The maximum Gasteiger partial charge on any atom is 0.205 e. The highest BCUT2D eigenvalue weighted by atomic mass is 31.2. The van der Waals surface area contributed by atoms with Crippen LogP contribution in [-0.2, 0) is 9.09 Å². The van der Waals surface area contributed by atoms with Gasteiger partial charge < -0.3 is 10.3 Å². The van der Waals surface area contributed by atoms with E-state index in [0.29, 0.717) is 0 Å². The van der Waals surface area contributed by atoms with Crippen LogP contribution in [0.15, 0.2) is 0 Å². The smallest absolute Gasteiger partial charge is 0.205 e. The molecule has 0 saturated carbocycles. The Morgan fingerprint density at radius 3 is 1.48 bits per heavy atom. The van der Waals surface area contributed by atoms with E-state index in [0.717, 1.165) is 12.8 Å². The Kier molecular flexibility index (Phi) is 6.51. The molecular weight excluding hydrogens is 305 g/mol. The van der Waals surface area contributed by atoms with E-state index in [-0.39, 0.29) is 26.9 Å². The van der Waals surface area contributed by atoms with Crippen molar-refractivity contribution in [2.45, 2.75) is 92.8 Å². The third-order valence-electron chi connectivity index (χ3n) is 6.60. The van der Waals surface area contributed by atoms with Crippen molar-refractivity contribution in [1.29, 1.82) is 0 Å². The molecule has 0 aromatic carbocycles. The number of hydrogen-bond donors (Lipinski definition) is 1. The zero-order valence-corrected chi connectivity index (χ0v) is 18.6. The summed E-state index contributed by atoms with van der Waals surface area (Å²) in [6, 6.07) is 0. The molecule has 0 rings (SSSR count). The quantitative estimate of drug-likeness (QED) is 0.555. The summed E-state index contributed by atoms with van der Waals surface area (Å²) in [5, 5.41) is -0.364. The van der Waals surface area contributed by atoms with E-state index in [1.807, 2.05) is 0 Å². The van der Waals surface area contributed by atoms with Crippen LogP contribution in [0.3, 0.4) is 0 Å². The van der Waals surface area contributed by atoms with E-state index in [2.05, 4.69) is 69.2 Å². The van der Waals surface area contributed by atoms with Crippen molar-refractivity contribution in [3.05, 3.63) is 0 Å². The molecule has 0 aliphatic rings. The maximum absolute atomic E-state index is 12.8. The summed E-state index contributed by atoms with van der Waals surface area (Å²) in [4.78, 5) is 0. The Bertz CT molecular complexity index is 456. The van der Waals surface area contributed by atoms with Crippen molar-refractivity contribution >= 4 is 7.37 Å². The summed E-state index contributed by atoms with van der Waals surface area (Å²) in [5.74, 6) is 0. The molecule has 1 unspecified atom stereocenters. The van der Waals surface area contributed by atoms with Gasteiger partial charge in [0.15, 0.2) is 0 Å². The van der Waals surface area contributed by atoms with Gasteiger partial charge >= 0.3 is 0 Å². The van der Waals surface area contributed by atoms with Gasteiger partial charge in [-0.15, -0.1) is 0 Å². The lowest BCUT2D eigenvalue weighted by Crippen LogP contribution is -2.51. The first-order chi connectivity index (χ1) is 9.72. The Balaban J connectivity index is 5.68. The van der Waals surface area contributed by atoms with Crippen molar-refractivity contribution in [3.8, 4) is 0 Å². The average molecular weight is 348 g/mol. The summed E-state index contributed by atoms with van der Waals surface area (Å²) in [5.41, 5.74) is 6.15. The third kappa shape index (κ3) is 5.06. The summed E-state index contributed by atoms with van der Waals surface area (Å²) in [6.45, 7) is 23.9. The monoisotopic (exact) mass is 347 g/mol. The normalized spacial score (nSPS) is 18.0. The molecule has 3 nitrogen and oxygen atoms in total. The standard InChI is InChI=1S/C19H42NO2P/c1-15(2,13-17(5,6)20)19(9,10)16(3,4)14-18(7,8)23(12,21)22-11/h13-14,20H2,1-12H3. The predicted octanol–water partition coefficient (Wildman–Crippen LogP) is 5.92. The minimum Gasteiger partial charge on any atom is -0.332 e. The van der Waals surface area contributed by atoms with Gasteiger partial charge in [0.1, 0.15) is 0 Å². The number of hydrogen-bond acceptors (Lipinski definition) is 3. The van der Waals surface area contributed by atoms with Gasteiger partial charge in [-0.25, -0.2) is 0 Å². The highest BCUT2D eigenvalue weighted by Gasteiger charge is 2.52. The summed E-state index contributed by atoms with van der Waals surface area (Å²) < 4.78 is 18.2. The van der Waals surface area contributed by atoms with Crippen LogP contribution in [0.2, 0.25) is 0 Å². The Hall–Kier alpha value is 0.150. The summed E-state index contributed by atoms with van der Waals surface area (Å²) in [7, 11) is -1.10. The lowest BCUT2D eigenvalue weighted by atomic mass is 9.51. The topological polar surface area (TPSA) is 52.3 Å². The van der Waals surface area contributed by atoms with Crippen molar-refractivity contribution in [3.63, 3.8) is 0 Å². The second kappa shape index (κ2) is 6.46. The van der Waals surface area contributed by atoms with Gasteiger partial charge in [-0.05, 0) is 42.9 Å². The zero-order valence-electron chi connectivity index (χ0n) is 17.8. The molecule has 140 valence electrons. The molecule has 0 fully saturated rings. The molecule has 0 bridgehead atoms. The van der Waals surface area contributed by atoms with Gasteiger partial charge in [-0.3, -0.25) is 4.57 Å². The molecule has 0 aliphatic heterocycles. The molecule has 0 aromatic heterocycles. The van der Waals surface area contributed by atoms with E-state index in [1.54, 1.807) is 13.8 Å². The lowest BCUT2D eigenvalue weighted by Gasteiger charge is -2.56. The molecule has 23 heavy (non-hydrogen) atoms. The Labute approximate surface area is 145 Å². The van der Waals surface area contributed by atoms with Crippen LogP contribution in [0.1, 0.15) is 82.1 Å². The van der Waals surface area contributed by atoms with Crippen LogP contribution in [0, 0.1) is 16.2 Å². The van der Waals surface area contributed by atoms with Crippen LogP contribution < -0.4 is 5.73 Å². The SMILES string of the molecule is COP(C)(=O)C(C)(C)CC(C)(C)C(C)(C)C(C)(C)CC(C)(C)N. The van der Waals surface area contributed by atoms with Gasteiger partial charge in [-0.2, -0.15) is 0 Å². The molecule has 2 N–H and O–H groups in total. The van der Waals surface area contributed by atoms with Crippen molar-refractivity contribution in [2.24, 2.45) is 22.0 Å². The fourth-order valence-electron chi connectivity index (χ4n) is 3.97. The lowest BCUT2D eigenvalue weighted by molar-refractivity contribution is -0.0443. The Morgan fingerprint density at radius 2 is 1.17 bits per heavy atom. The van der Waals surface area contributed by atoms with Gasteiger partial charge in [0, 0.05) is 24.5 Å². The molecular formula is C19H42NO2P. The van der Waals surface area contributed by atoms with Crippen molar-refractivity contribution in [1.82, 2.24) is 0 Å². The van der Waals surface area contributed by atoms with Gasteiger partial charge in [0.25, 0.3) is 0 Å². The fraction of sp³-hybridized carbons (Fsp3) is 1.00. The Morgan fingerprint density at radius 1 is 0.826 bits per heavy atom. The van der Waals surface area contributed by atoms with E-state index < -0.39 is 7.37 Å². The summed E-state index contributed by atoms with van der Waals surface area (Å²) >= 11 is 0. The van der Waals surface area contributed by atoms with Gasteiger partial charge in [0.2, 0.25) is 7.37 Å². The van der Waals surface area contributed by atoms with Gasteiger partial charge in [0.05, 0.1) is 0 Å². The van der Waals surface area contributed by atoms with E-state index in [9.17, 15) is 4.57 Å². The van der Waals surface area contributed by atoms with E-state index in [4.69, 9.17) is 10.3 Å². The zero-order chi connectivity index (χ0) is 19.1. The molecule has 0 amide bonds. The minimum absolute atomic E-state index is 0.0155. The number of rotatable bonds is 8. The van der Waals surface area contributed by atoms with Crippen molar-refractivity contribution in [2.75, 3.05) is 13.8 Å². The molecule has 0 spiro atoms. The molecule has 0 radical (unpaired) electrons. The highest BCUT2D eigenvalue weighted by Crippen LogP contribution is 2.63. The highest BCUT2D eigenvalue weighted by molar-refractivity contribution is 7.59. The van der Waals surface area contributed by atoms with E-state index >= 15 is 0 Å². The van der Waals surface area contributed by atoms with Crippen LogP contribution in [0.5, 0.6) is 0 Å². The van der Waals surface area contributed by atoms with Crippen LogP contribution in [0.25, 0.3) is 0 Å². The number of nitrogens with two attached hydrogens (primary N) is 1. The molecule has 0 heterocycles. The van der Waals surface area contributed by atoms with Crippen LogP contribution in [-0.4, -0.2) is 24.5 Å². The first-order valence-corrected chi connectivity index (χ1v) is 10.7. The fourth-order valence-corrected chi connectivity index (χ4v) is 5.15. The largest absolute Gasteiger partial charge is 0.332 e. The first-order valence-electron chi connectivity index (χ1n) is 8.65. The molecule has 0 aromatic rings. The molecule has 0 aliphatic carbocycles. The second-order valence-corrected chi connectivity index (χ2v) is 13.8. The van der Waals surface area contributed by atoms with Crippen LogP contribution in [0.4, 0.5) is 0 Å². The molecule has 1 atom stereocenters. The maximum atomic E-state index is 12.8. The third-order valence-corrected chi connectivity index (χ3v) is 9.66. The van der Waals surface area contributed by atoms with Crippen LogP contribution >= 0.6 is 7.37 Å².